The van der Waals surface area contributed by atoms with E-state index in [0.29, 0.717) is 12.1 Å². The first-order chi connectivity index (χ1) is 10.7. The van der Waals surface area contributed by atoms with E-state index in [1.807, 2.05) is 20.8 Å². The van der Waals surface area contributed by atoms with Gasteiger partial charge in [-0.15, -0.1) is 6.58 Å². The molecule has 0 aliphatic carbocycles. The standard InChI is InChI=1S/C16H25N3O3S/c1-5-10-18-23(21,22)14-8-6-13(7-9-14)15(20)19-16(4,11-17)12(2)3/h5-9,12,18H,1,10-11,17H2,2-4H3,(H,19,20). The van der Waals surface area contributed by atoms with E-state index in [-0.39, 0.29) is 23.3 Å². The molecule has 1 rings (SSSR count). The highest BCUT2D eigenvalue weighted by molar-refractivity contribution is 7.89. The Kier molecular flexibility index (Phi) is 6.49. The van der Waals surface area contributed by atoms with Crippen LogP contribution in [0.15, 0.2) is 41.8 Å². The zero-order valence-corrected chi connectivity index (χ0v) is 14.6. The second-order valence-corrected chi connectivity index (χ2v) is 7.66. The third-order valence-corrected chi connectivity index (χ3v) is 5.38. The molecule has 0 aliphatic heterocycles. The molecule has 1 amide bonds. The maximum Gasteiger partial charge on any atom is 0.251 e. The fourth-order valence-electron chi connectivity index (χ4n) is 1.80. The van der Waals surface area contributed by atoms with Crippen molar-refractivity contribution < 1.29 is 13.2 Å². The van der Waals surface area contributed by atoms with Crippen molar-refractivity contribution in [2.45, 2.75) is 31.2 Å². The van der Waals surface area contributed by atoms with Gasteiger partial charge in [0.25, 0.3) is 5.91 Å². The Labute approximate surface area is 138 Å². The molecule has 0 aliphatic rings. The van der Waals surface area contributed by atoms with Gasteiger partial charge in [0.1, 0.15) is 0 Å². The van der Waals surface area contributed by atoms with E-state index in [9.17, 15) is 13.2 Å². The minimum atomic E-state index is -3.59. The molecule has 0 saturated carbocycles. The van der Waals surface area contributed by atoms with E-state index in [0.717, 1.165) is 0 Å². The van der Waals surface area contributed by atoms with Crippen LogP contribution in [0.1, 0.15) is 31.1 Å². The molecule has 4 N–H and O–H groups in total. The van der Waals surface area contributed by atoms with E-state index in [1.54, 1.807) is 0 Å². The second kappa shape index (κ2) is 7.72. The predicted octanol–water partition coefficient (Wildman–Crippen LogP) is 1.25. The zero-order chi connectivity index (χ0) is 17.7. The molecule has 0 spiro atoms. The summed E-state index contributed by atoms with van der Waals surface area (Å²) in [6.07, 6.45) is 1.46. The molecule has 1 atom stereocenters. The van der Waals surface area contributed by atoms with E-state index in [4.69, 9.17) is 5.73 Å². The fraction of sp³-hybridized carbons (Fsp3) is 0.438. The van der Waals surface area contributed by atoms with Crippen LogP contribution in [0.3, 0.4) is 0 Å². The zero-order valence-electron chi connectivity index (χ0n) is 13.8. The molecule has 1 aromatic rings. The largest absolute Gasteiger partial charge is 0.345 e. The Bertz CT molecular complexity index is 654. The molecular formula is C16H25N3O3S. The summed E-state index contributed by atoms with van der Waals surface area (Å²) in [4.78, 5) is 12.4. The van der Waals surface area contributed by atoms with Crippen molar-refractivity contribution in [2.75, 3.05) is 13.1 Å². The van der Waals surface area contributed by atoms with Crippen LogP contribution in [0.25, 0.3) is 0 Å². The smallest absolute Gasteiger partial charge is 0.251 e. The molecule has 1 unspecified atom stereocenters. The number of carbonyl (C=O) groups is 1. The molecule has 23 heavy (non-hydrogen) atoms. The number of sulfonamides is 1. The number of nitrogens with one attached hydrogen (secondary N) is 2. The summed E-state index contributed by atoms with van der Waals surface area (Å²) in [5.74, 6) is -0.117. The fourth-order valence-corrected chi connectivity index (χ4v) is 2.80. The molecule has 1 aromatic carbocycles. The summed E-state index contributed by atoms with van der Waals surface area (Å²) in [6, 6.07) is 5.76. The molecule has 7 heteroatoms. The Morgan fingerprint density at radius 3 is 2.35 bits per heavy atom. The Morgan fingerprint density at radius 2 is 1.91 bits per heavy atom. The van der Waals surface area contributed by atoms with Gasteiger partial charge in [-0.1, -0.05) is 19.9 Å². The van der Waals surface area contributed by atoms with Gasteiger partial charge in [0.15, 0.2) is 0 Å². The predicted molar refractivity (Wildman–Crippen MR) is 91.6 cm³/mol. The summed E-state index contributed by atoms with van der Waals surface area (Å²) < 4.78 is 26.3. The van der Waals surface area contributed by atoms with Crippen LogP contribution in [0.5, 0.6) is 0 Å². The van der Waals surface area contributed by atoms with Crippen molar-refractivity contribution in [3.63, 3.8) is 0 Å². The lowest BCUT2D eigenvalue weighted by Gasteiger charge is -2.33. The molecule has 0 radical (unpaired) electrons. The Hall–Kier alpha value is -1.70. The highest BCUT2D eigenvalue weighted by Gasteiger charge is 2.29. The number of hydrogen-bond donors (Lipinski definition) is 3. The highest BCUT2D eigenvalue weighted by Crippen LogP contribution is 2.17. The quantitative estimate of drug-likeness (QED) is 0.621. The monoisotopic (exact) mass is 339 g/mol. The van der Waals surface area contributed by atoms with Gasteiger partial charge >= 0.3 is 0 Å². The summed E-state index contributed by atoms with van der Waals surface area (Å²) in [7, 11) is -3.59. The molecule has 6 nitrogen and oxygen atoms in total. The highest BCUT2D eigenvalue weighted by atomic mass is 32.2. The summed E-state index contributed by atoms with van der Waals surface area (Å²) in [5.41, 5.74) is 5.61. The first-order valence-corrected chi connectivity index (χ1v) is 8.88. The van der Waals surface area contributed by atoms with Gasteiger partial charge in [0, 0.05) is 18.7 Å². The van der Waals surface area contributed by atoms with Crippen molar-refractivity contribution >= 4 is 15.9 Å². The minimum absolute atomic E-state index is 0.0985. The normalized spacial score (nSPS) is 14.3. The van der Waals surface area contributed by atoms with Crippen LogP contribution in [0, 0.1) is 5.92 Å². The number of carbonyl (C=O) groups excluding carboxylic acids is 1. The van der Waals surface area contributed by atoms with Gasteiger partial charge in [-0.2, -0.15) is 0 Å². The topological polar surface area (TPSA) is 101 Å². The average molecular weight is 339 g/mol. The Morgan fingerprint density at radius 1 is 1.35 bits per heavy atom. The van der Waals surface area contributed by atoms with Crippen LogP contribution in [-0.4, -0.2) is 33.0 Å². The van der Waals surface area contributed by atoms with Gasteiger partial charge in [-0.3, -0.25) is 4.79 Å². The summed E-state index contributed by atoms with van der Waals surface area (Å²) in [5, 5.41) is 2.91. The van der Waals surface area contributed by atoms with Crippen molar-refractivity contribution in [3.05, 3.63) is 42.5 Å². The van der Waals surface area contributed by atoms with Crippen LogP contribution in [0.4, 0.5) is 0 Å². The van der Waals surface area contributed by atoms with Crippen LogP contribution in [0.2, 0.25) is 0 Å². The third-order valence-electron chi connectivity index (χ3n) is 3.94. The van der Waals surface area contributed by atoms with E-state index in [2.05, 4.69) is 16.6 Å². The first kappa shape index (κ1) is 19.3. The van der Waals surface area contributed by atoms with Crippen molar-refractivity contribution in [2.24, 2.45) is 11.7 Å². The van der Waals surface area contributed by atoms with E-state index < -0.39 is 15.6 Å². The van der Waals surface area contributed by atoms with Crippen LogP contribution in [-0.2, 0) is 10.0 Å². The van der Waals surface area contributed by atoms with Gasteiger partial charge in [-0.05, 0) is 37.1 Å². The number of hydrogen-bond acceptors (Lipinski definition) is 4. The van der Waals surface area contributed by atoms with Crippen molar-refractivity contribution in [3.8, 4) is 0 Å². The van der Waals surface area contributed by atoms with E-state index in [1.165, 1.54) is 30.3 Å². The number of nitrogens with two attached hydrogens (primary N) is 1. The molecule has 0 saturated heterocycles. The van der Waals surface area contributed by atoms with Crippen molar-refractivity contribution in [1.82, 2.24) is 10.0 Å². The van der Waals surface area contributed by atoms with E-state index >= 15 is 0 Å². The van der Waals surface area contributed by atoms with Crippen LogP contribution < -0.4 is 15.8 Å². The maximum atomic E-state index is 12.3. The number of amides is 1. The lowest BCUT2D eigenvalue weighted by molar-refractivity contribution is 0.0883. The van der Waals surface area contributed by atoms with Crippen LogP contribution >= 0.6 is 0 Å². The maximum absolute atomic E-state index is 12.3. The third kappa shape index (κ3) is 4.89. The molecule has 0 fully saturated rings. The lowest BCUT2D eigenvalue weighted by atomic mass is 9.88. The van der Waals surface area contributed by atoms with Gasteiger partial charge < -0.3 is 11.1 Å². The van der Waals surface area contributed by atoms with Gasteiger partial charge in [-0.25, -0.2) is 13.1 Å². The molecular weight excluding hydrogens is 314 g/mol. The number of rotatable bonds is 8. The first-order valence-electron chi connectivity index (χ1n) is 7.39. The molecule has 0 heterocycles. The minimum Gasteiger partial charge on any atom is -0.345 e. The van der Waals surface area contributed by atoms with Crippen molar-refractivity contribution in [1.29, 1.82) is 0 Å². The average Bonchev–Trinajstić information content (AvgIpc) is 2.52. The lowest BCUT2D eigenvalue weighted by Crippen LogP contribution is -2.55. The molecule has 0 bridgehead atoms. The Balaban J connectivity index is 2.92. The SMILES string of the molecule is C=CCNS(=O)(=O)c1ccc(C(=O)NC(C)(CN)C(C)C)cc1. The number of benzene rings is 1. The summed E-state index contributed by atoms with van der Waals surface area (Å²) >= 11 is 0. The van der Waals surface area contributed by atoms with Gasteiger partial charge in [0.2, 0.25) is 10.0 Å². The van der Waals surface area contributed by atoms with Gasteiger partial charge in [0.05, 0.1) is 10.4 Å². The second-order valence-electron chi connectivity index (χ2n) is 5.90. The summed E-state index contributed by atoms with van der Waals surface area (Å²) in [6.45, 7) is 9.76. The molecule has 128 valence electrons. The molecule has 0 aromatic heterocycles.